The number of thiocarbonyl (C=S) groups is 1. The van der Waals surface area contributed by atoms with Crippen molar-refractivity contribution in [2.45, 2.75) is 6.54 Å². The summed E-state index contributed by atoms with van der Waals surface area (Å²) in [4.78, 5) is 4.50. The first-order chi connectivity index (χ1) is 11.6. The molecule has 2 aromatic carbocycles. The summed E-state index contributed by atoms with van der Waals surface area (Å²) in [6.07, 6.45) is 0. The van der Waals surface area contributed by atoms with Gasteiger partial charge in [0.1, 0.15) is 5.82 Å². The van der Waals surface area contributed by atoms with Crippen LogP contribution in [0.4, 0.5) is 10.1 Å². The highest BCUT2D eigenvalue weighted by Crippen LogP contribution is 2.15. The zero-order valence-electron chi connectivity index (χ0n) is 13.2. The van der Waals surface area contributed by atoms with Crippen molar-refractivity contribution in [3.8, 4) is 0 Å². The molecular weight excluding hydrogens is 345 g/mol. The summed E-state index contributed by atoms with van der Waals surface area (Å²) in [7, 11) is 0. The van der Waals surface area contributed by atoms with Crippen LogP contribution in [0.15, 0.2) is 48.5 Å². The molecule has 0 saturated carbocycles. The molecule has 2 aromatic rings. The summed E-state index contributed by atoms with van der Waals surface area (Å²) in [6, 6.07) is 14.3. The van der Waals surface area contributed by atoms with E-state index < -0.39 is 0 Å². The minimum Gasteiger partial charge on any atom is -0.346 e. The summed E-state index contributed by atoms with van der Waals surface area (Å²) in [5, 5.41) is 4.52. The Balaban J connectivity index is 1.50. The Bertz CT molecular complexity index is 717. The highest BCUT2D eigenvalue weighted by molar-refractivity contribution is 7.80. The van der Waals surface area contributed by atoms with Gasteiger partial charge >= 0.3 is 0 Å². The van der Waals surface area contributed by atoms with E-state index in [9.17, 15) is 4.39 Å². The van der Waals surface area contributed by atoms with E-state index in [0.29, 0.717) is 10.8 Å². The molecule has 1 saturated heterocycles. The molecule has 6 heteroatoms. The van der Waals surface area contributed by atoms with Crippen LogP contribution in [0, 0.1) is 5.82 Å². The van der Waals surface area contributed by atoms with Crippen molar-refractivity contribution >= 4 is 34.6 Å². The molecule has 0 amide bonds. The van der Waals surface area contributed by atoms with Gasteiger partial charge in [-0.3, -0.25) is 4.90 Å². The predicted molar refractivity (Wildman–Crippen MR) is 101 cm³/mol. The largest absolute Gasteiger partial charge is 0.346 e. The number of halogens is 2. The Morgan fingerprint density at radius 2 is 1.83 bits per heavy atom. The van der Waals surface area contributed by atoms with Gasteiger partial charge in [-0.25, -0.2) is 4.39 Å². The van der Waals surface area contributed by atoms with E-state index in [-0.39, 0.29) is 5.82 Å². The molecule has 0 unspecified atom stereocenters. The molecular formula is C18H19ClFN3S. The van der Waals surface area contributed by atoms with Crippen LogP contribution in [0.2, 0.25) is 5.02 Å². The van der Waals surface area contributed by atoms with Crippen LogP contribution in [-0.4, -0.2) is 41.1 Å². The zero-order chi connectivity index (χ0) is 16.9. The molecule has 1 aliphatic rings. The SMILES string of the molecule is Fc1cccc(NC(=S)N2CCN(Cc3cccc(Cl)c3)CC2)c1. The van der Waals surface area contributed by atoms with Crippen LogP contribution < -0.4 is 5.32 Å². The van der Waals surface area contributed by atoms with Gasteiger partial charge in [0, 0.05) is 43.4 Å². The summed E-state index contributed by atoms with van der Waals surface area (Å²) in [5.41, 5.74) is 1.90. The van der Waals surface area contributed by atoms with Crippen LogP contribution in [-0.2, 0) is 6.54 Å². The number of benzene rings is 2. The van der Waals surface area contributed by atoms with Crippen molar-refractivity contribution in [1.82, 2.24) is 9.80 Å². The van der Waals surface area contributed by atoms with Gasteiger partial charge in [-0.15, -0.1) is 0 Å². The van der Waals surface area contributed by atoms with E-state index >= 15 is 0 Å². The summed E-state index contributed by atoms with van der Waals surface area (Å²) in [6.45, 7) is 4.44. The Labute approximate surface area is 152 Å². The topological polar surface area (TPSA) is 18.5 Å². The molecule has 1 fully saturated rings. The first-order valence-electron chi connectivity index (χ1n) is 7.88. The number of anilines is 1. The molecule has 1 N–H and O–H groups in total. The molecule has 24 heavy (non-hydrogen) atoms. The van der Waals surface area contributed by atoms with E-state index in [1.807, 2.05) is 24.3 Å². The summed E-state index contributed by atoms with van der Waals surface area (Å²) >= 11 is 11.5. The maximum Gasteiger partial charge on any atom is 0.173 e. The number of piperazine rings is 1. The van der Waals surface area contributed by atoms with E-state index in [2.05, 4.69) is 21.2 Å². The van der Waals surface area contributed by atoms with Crippen LogP contribution in [0.5, 0.6) is 0 Å². The minimum absolute atomic E-state index is 0.269. The third-order valence-electron chi connectivity index (χ3n) is 4.03. The Hall–Kier alpha value is -1.69. The molecule has 126 valence electrons. The van der Waals surface area contributed by atoms with Gasteiger partial charge in [0.15, 0.2) is 5.11 Å². The monoisotopic (exact) mass is 363 g/mol. The number of hydrogen-bond acceptors (Lipinski definition) is 2. The van der Waals surface area contributed by atoms with Crippen LogP contribution >= 0.6 is 23.8 Å². The normalized spacial score (nSPS) is 15.3. The number of rotatable bonds is 3. The molecule has 0 bridgehead atoms. The zero-order valence-corrected chi connectivity index (χ0v) is 14.8. The molecule has 1 aliphatic heterocycles. The number of hydrogen-bond donors (Lipinski definition) is 1. The van der Waals surface area contributed by atoms with Crippen LogP contribution in [0.3, 0.4) is 0 Å². The molecule has 0 aromatic heterocycles. The summed E-state index contributed by atoms with van der Waals surface area (Å²) < 4.78 is 13.2. The number of nitrogens with zero attached hydrogens (tertiary/aromatic N) is 2. The fourth-order valence-corrected chi connectivity index (χ4v) is 3.28. The molecule has 0 radical (unpaired) electrons. The Morgan fingerprint density at radius 3 is 2.54 bits per heavy atom. The van der Waals surface area contributed by atoms with Gasteiger partial charge in [-0.1, -0.05) is 29.8 Å². The van der Waals surface area contributed by atoms with Crippen molar-refractivity contribution in [2.75, 3.05) is 31.5 Å². The molecule has 0 atom stereocenters. The van der Waals surface area contributed by atoms with Gasteiger partial charge in [-0.05, 0) is 48.1 Å². The quantitative estimate of drug-likeness (QED) is 0.830. The van der Waals surface area contributed by atoms with Gasteiger partial charge in [0.05, 0.1) is 0 Å². The molecule has 1 heterocycles. The third kappa shape index (κ3) is 4.66. The second-order valence-electron chi connectivity index (χ2n) is 5.83. The number of nitrogens with one attached hydrogen (secondary N) is 1. The highest BCUT2D eigenvalue weighted by atomic mass is 35.5. The van der Waals surface area contributed by atoms with Crippen molar-refractivity contribution in [3.05, 3.63) is 64.9 Å². The first-order valence-corrected chi connectivity index (χ1v) is 8.67. The maximum absolute atomic E-state index is 13.2. The van der Waals surface area contributed by atoms with Crippen LogP contribution in [0.25, 0.3) is 0 Å². The van der Waals surface area contributed by atoms with Crippen molar-refractivity contribution in [3.63, 3.8) is 0 Å². The third-order valence-corrected chi connectivity index (χ3v) is 4.63. The lowest BCUT2D eigenvalue weighted by Crippen LogP contribution is -2.49. The van der Waals surface area contributed by atoms with Gasteiger partial charge in [-0.2, -0.15) is 0 Å². The van der Waals surface area contributed by atoms with E-state index in [0.717, 1.165) is 37.7 Å². The van der Waals surface area contributed by atoms with Crippen molar-refractivity contribution in [1.29, 1.82) is 0 Å². The maximum atomic E-state index is 13.2. The lowest BCUT2D eigenvalue weighted by Gasteiger charge is -2.36. The van der Waals surface area contributed by atoms with Gasteiger partial charge in [0.25, 0.3) is 0 Å². The Kier molecular flexibility index (Phi) is 5.66. The standard InChI is InChI=1S/C18H19ClFN3S/c19-15-4-1-3-14(11-15)13-22-7-9-23(10-8-22)18(24)21-17-6-2-5-16(20)12-17/h1-6,11-12H,7-10,13H2,(H,21,24). The van der Waals surface area contributed by atoms with Crippen LogP contribution in [0.1, 0.15) is 5.56 Å². The Morgan fingerprint density at radius 1 is 1.08 bits per heavy atom. The van der Waals surface area contributed by atoms with Crippen molar-refractivity contribution < 1.29 is 4.39 Å². The highest BCUT2D eigenvalue weighted by Gasteiger charge is 2.19. The predicted octanol–water partition coefficient (Wildman–Crippen LogP) is 3.99. The van der Waals surface area contributed by atoms with Gasteiger partial charge in [0.2, 0.25) is 0 Å². The molecule has 0 aliphatic carbocycles. The smallest absolute Gasteiger partial charge is 0.173 e. The fraction of sp³-hybridized carbons (Fsp3) is 0.278. The molecule has 3 rings (SSSR count). The molecule has 0 spiro atoms. The second-order valence-corrected chi connectivity index (χ2v) is 6.66. The van der Waals surface area contributed by atoms with Crippen molar-refractivity contribution in [2.24, 2.45) is 0 Å². The lowest BCUT2D eigenvalue weighted by atomic mass is 10.2. The lowest BCUT2D eigenvalue weighted by molar-refractivity contribution is 0.177. The van der Waals surface area contributed by atoms with E-state index in [4.69, 9.17) is 23.8 Å². The van der Waals surface area contributed by atoms with Gasteiger partial charge < -0.3 is 10.2 Å². The molecule has 3 nitrogen and oxygen atoms in total. The van der Waals surface area contributed by atoms with E-state index in [1.165, 1.54) is 17.7 Å². The fourth-order valence-electron chi connectivity index (χ4n) is 2.77. The average Bonchev–Trinajstić information content (AvgIpc) is 2.55. The minimum atomic E-state index is -0.269. The first kappa shape index (κ1) is 17.1. The van der Waals surface area contributed by atoms with E-state index in [1.54, 1.807) is 6.07 Å². The average molecular weight is 364 g/mol. The second kappa shape index (κ2) is 7.92. The summed E-state index contributed by atoms with van der Waals surface area (Å²) in [5.74, 6) is -0.269.